The molecule has 0 aliphatic heterocycles. The van der Waals surface area contributed by atoms with Crippen LogP contribution in [0.4, 0.5) is 13.2 Å². The van der Waals surface area contributed by atoms with Crippen LogP contribution in [0.5, 0.6) is 0 Å². The lowest BCUT2D eigenvalue weighted by atomic mass is 10.0. The highest BCUT2D eigenvalue weighted by atomic mass is 19.4. The molecule has 0 saturated carbocycles. The highest BCUT2D eigenvalue weighted by Gasteiger charge is 2.35. The van der Waals surface area contributed by atoms with Gasteiger partial charge in [0.05, 0.1) is 11.1 Å². The van der Waals surface area contributed by atoms with Gasteiger partial charge < -0.3 is 16.3 Å². The van der Waals surface area contributed by atoms with Gasteiger partial charge >= 0.3 is 6.18 Å². The number of carbonyl (C=O) groups is 1. The number of amidine groups is 1. The van der Waals surface area contributed by atoms with Crippen molar-refractivity contribution in [3.63, 3.8) is 0 Å². The molecular formula is C13H16F3N3O2. The van der Waals surface area contributed by atoms with E-state index < -0.39 is 29.3 Å². The first kappa shape index (κ1) is 16.8. The van der Waals surface area contributed by atoms with Gasteiger partial charge in [-0.2, -0.15) is 13.2 Å². The normalized spacial score (nSPS) is 13.8. The molecule has 1 aromatic rings. The molecule has 1 rings (SSSR count). The van der Waals surface area contributed by atoms with E-state index >= 15 is 0 Å². The van der Waals surface area contributed by atoms with Crippen LogP contribution < -0.4 is 11.1 Å². The molecular weight excluding hydrogens is 287 g/mol. The van der Waals surface area contributed by atoms with Crippen LogP contribution in [-0.2, 0) is 6.18 Å². The number of hydrogen-bond donors (Lipinski definition) is 3. The fourth-order valence-electron chi connectivity index (χ4n) is 1.78. The topological polar surface area (TPSA) is 87.7 Å². The number of alkyl halides is 3. The van der Waals surface area contributed by atoms with E-state index in [1.54, 1.807) is 6.92 Å². The van der Waals surface area contributed by atoms with Gasteiger partial charge in [-0.15, -0.1) is 0 Å². The van der Waals surface area contributed by atoms with Crippen LogP contribution in [0.3, 0.4) is 0 Å². The molecule has 5 nitrogen and oxygen atoms in total. The Kier molecular flexibility index (Phi) is 5.57. The van der Waals surface area contributed by atoms with Crippen LogP contribution in [0.1, 0.15) is 35.7 Å². The molecule has 116 valence electrons. The summed E-state index contributed by atoms with van der Waals surface area (Å²) in [5.41, 5.74) is 3.88. The molecule has 0 saturated heterocycles. The lowest BCUT2D eigenvalue weighted by Gasteiger charge is -2.18. The van der Waals surface area contributed by atoms with E-state index in [0.29, 0.717) is 6.42 Å². The Morgan fingerprint density at radius 2 is 2.05 bits per heavy atom. The second kappa shape index (κ2) is 6.96. The van der Waals surface area contributed by atoms with Crippen molar-refractivity contribution in [2.24, 2.45) is 10.9 Å². The number of nitrogens with one attached hydrogen (secondary N) is 1. The molecule has 0 radical (unpaired) electrons. The van der Waals surface area contributed by atoms with Crippen molar-refractivity contribution in [1.29, 1.82) is 0 Å². The van der Waals surface area contributed by atoms with E-state index in [4.69, 9.17) is 10.9 Å². The molecule has 0 heterocycles. The number of nitrogens with two attached hydrogens (primary N) is 1. The smallest absolute Gasteiger partial charge is 0.409 e. The Balaban J connectivity index is 2.94. The molecule has 0 aliphatic carbocycles. The number of hydrogen-bond acceptors (Lipinski definition) is 3. The summed E-state index contributed by atoms with van der Waals surface area (Å²) in [5.74, 6) is -0.952. The van der Waals surface area contributed by atoms with Gasteiger partial charge in [0.1, 0.15) is 5.84 Å². The summed E-state index contributed by atoms with van der Waals surface area (Å²) in [7, 11) is 0. The maximum absolute atomic E-state index is 12.8. The summed E-state index contributed by atoms with van der Waals surface area (Å²) in [6, 6.07) is 4.00. The fourth-order valence-corrected chi connectivity index (χ4v) is 1.78. The van der Waals surface area contributed by atoms with Crippen LogP contribution in [0.25, 0.3) is 0 Å². The summed E-state index contributed by atoms with van der Waals surface area (Å²) < 4.78 is 38.5. The summed E-state index contributed by atoms with van der Waals surface area (Å²) in [5, 5.41) is 13.7. The Hall–Kier alpha value is -2.25. The zero-order valence-corrected chi connectivity index (χ0v) is 11.3. The quantitative estimate of drug-likeness (QED) is 0.338. The molecule has 0 spiro atoms. The second-order valence-corrected chi connectivity index (χ2v) is 4.42. The van der Waals surface area contributed by atoms with Crippen LogP contribution in [0.2, 0.25) is 0 Å². The molecule has 0 fully saturated rings. The molecule has 21 heavy (non-hydrogen) atoms. The number of oxime groups is 1. The lowest BCUT2D eigenvalue weighted by Crippen LogP contribution is -2.38. The van der Waals surface area contributed by atoms with Crippen LogP contribution in [-0.4, -0.2) is 23.0 Å². The predicted molar refractivity (Wildman–Crippen MR) is 71.0 cm³/mol. The van der Waals surface area contributed by atoms with Gasteiger partial charge in [-0.05, 0) is 18.6 Å². The second-order valence-electron chi connectivity index (χ2n) is 4.42. The number of carbonyl (C=O) groups excluding carboxylic acids is 1. The molecule has 0 aromatic heterocycles. The van der Waals surface area contributed by atoms with Crippen molar-refractivity contribution in [3.8, 4) is 0 Å². The van der Waals surface area contributed by atoms with Gasteiger partial charge in [0, 0.05) is 12.5 Å². The average Bonchev–Trinajstić information content (AvgIpc) is 2.45. The summed E-state index contributed by atoms with van der Waals surface area (Å²) in [6.07, 6.45) is -4.13. The zero-order chi connectivity index (χ0) is 16.0. The monoisotopic (exact) mass is 303 g/mol. The van der Waals surface area contributed by atoms with Gasteiger partial charge in [-0.3, -0.25) is 4.79 Å². The van der Waals surface area contributed by atoms with Crippen molar-refractivity contribution >= 4 is 11.7 Å². The summed E-state index contributed by atoms with van der Waals surface area (Å²) >= 11 is 0. The van der Waals surface area contributed by atoms with Gasteiger partial charge in [-0.25, -0.2) is 0 Å². The first-order chi connectivity index (χ1) is 9.79. The van der Waals surface area contributed by atoms with Crippen molar-refractivity contribution in [1.82, 2.24) is 5.32 Å². The van der Waals surface area contributed by atoms with Crippen molar-refractivity contribution in [2.45, 2.75) is 32.0 Å². The van der Waals surface area contributed by atoms with Gasteiger partial charge in [0.2, 0.25) is 0 Å². The molecule has 8 heteroatoms. The highest BCUT2D eigenvalue weighted by Crippen LogP contribution is 2.31. The van der Waals surface area contributed by atoms with E-state index in [9.17, 15) is 18.0 Å². The Morgan fingerprint density at radius 1 is 1.43 bits per heavy atom. The molecule has 4 N–H and O–H groups in total. The third-order valence-corrected chi connectivity index (χ3v) is 2.89. The molecule has 0 aliphatic rings. The standard InChI is InChI=1S/C13H16F3N3O2/c1-2-8(7-11(17)19-21)18-12(20)9-5-3-4-6-10(9)13(14,15)16/h3-6,8,21H,2,7H2,1H3,(H2,17,19)(H,18,20). The number of amides is 1. The SMILES string of the molecule is CCC(CC(N)=NO)NC(=O)c1ccccc1C(F)(F)F. The van der Waals surface area contributed by atoms with E-state index in [0.717, 1.165) is 12.1 Å². The minimum Gasteiger partial charge on any atom is -0.409 e. The number of halogens is 3. The van der Waals surface area contributed by atoms with Gasteiger partial charge in [0.25, 0.3) is 5.91 Å². The van der Waals surface area contributed by atoms with Crippen LogP contribution >= 0.6 is 0 Å². The number of rotatable bonds is 5. The Labute approximate surface area is 119 Å². The first-order valence-corrected chi connectivity index (χ1v) is 6.23. The molecule has 0 bridgehead atoms. The Morgan fingerprint density at radius 3 is 2.57 bits per heavy atom. The lowest BCUT2D eigenvalue weighted by molar-refractivity contribution is -0.137. The average molecular weight is 303 g/mol. The minimum atomic E-state index is -4.61. The molecule has 1 amide bonds. The largest absolute Gasteiger partial charge is 0.417 e. The predicted octanol–water partition coefficient (Wildman–Crippen LogP) is 2.35. The Bertz CT molecular complexity index is 530. The molecule has 1 atom stereocenters. The molecule has 1 aromatic carbocycles. The van der Waals surface area contributed by atoms with Crippen molar-refractivity contribution < 1.29 is 23.2 Å². The fraction of sp³-hybridized carbons (Fsp3) is 0.385. The first-order valence-electron chi connectivity index (χ1n) is 6.23. The van der Waals surface area contributed by atoms with E-state index in [1.807, 2.05) is 0 Å². The van der Waals surface area contributed by atoms with Gasteiger partial charge in [-0.1, -0.05) is 24.2 Å². The highest BCUT2D eigenvalue weighted by molar-refractivity contribution is 5.96. The zero-order valence-electron chi connectivity index (χ0n) is 11.3. The van der Waals surface area contributed by atoms with Crippen molar-refractivity contribution in [3.05, 3.63) is 35.4 Å². The van der Waals surface area contributed by atoms with E-state index in [2.05, 4.69) is 10.5 Å². The minimum absolute atomic E-state index is 0.0485. The van der Waals surface area contributed by atoms with Crippen LogP contribution in [0.15, 0.2) is 29.4 Å². The number of nitrogens with zero attached hydrogens (tertiary/aromatic N) is 1. The van der Waals surface area contributed by atoms with E-state index in [1.165, 1.54) is 12.1 Å². The third kappa shape index (κ3) is 4.66. The molecule has 1 unspecified atom stereocenters. The maximum atomic E-state index is 12.8. The van der Waals surface area contributed by atoms with Gasteiger partial charge in [0.15, 0.2) is 0 Å². The number of benzene rings is 1. The van der Waals surface area contributed by atoms with E-state index in [-0.39, 0.29) is 12.3 Å². The summed E-state index contributed by atoms with van der Waals surface area (Å²) in [6.45, 7) is 1.73. The summed E-state index contributed by atoms with van der Waals surface area (Å²) in [4.78, 5) is 12.0. The third-order valence-electron chi connectivity index (χ3n) is 2.89. The van der Waals surface area contributed by atoms with Crippen LogP contribution in [0, 0.1) is 0 Å². The van der Waals surface area contributed by atoms with Crippen molar-refractivity contribution in [2.75, 3.05) is 0 Å². The maximum Gasteiger partial charge on any atom is 0.417 e.